The van der Waals surface area contributed by atoms with Crippen LogP contribution in [0.2, 0.25) is 5.02 Å². The van der Waals surface area contributed by atoms with Gasteiger partial charge in [0.15, 0.2) is 0 Å². The molecule has 1 heterocycles. The molecule has 6 heteroatoms. The highest BCUT2D eigenvalue weighted by molar-refractivity contribution is 6.30. The smallest absolute Gasteiger partial charge is 0.335 e. The van der Waals surface area contributed by atoms with Crippen LogP contribution in [0.1, 0.15) is 34.3 Å². The van der Waals surface area contributed by atoms with Crippen molar-refractivity contribution in [2.75, 3.05) is 18.0 Å². The Kier molecular flexibility index (Phi) is 5.78. The Labute approximate surface area is 157 Å². The predicted octanol–water partition coefficient (Wildman–Crippen LogP) is 3.50. The summed E-state index contributed by atoms with van der Waals surface area (Å²) in [4.78, 5) is 25.4. The molecule has 0 radical (unpaired) electrons. The number of nitrogens with one attached hydrogen (secondary N) is 1. The van der Waals surface area contributed by atoms with Gasteiger partial charge in [-0.25, -0.2) is 4.79 Å². The molecule has 1 aliphatic rings. The Hall–Kier alpha value is -2.53. The van der Waals surface area contributed by atoms with Gasteiger partial charge in [-0.15, -0.1) is 0 Å². The molecule has 0 bridgehead atoms. The highest BCUT2D eigenvalue weighted by atomic mass is 35.5. The number of carboxylic acids is 1. The Morgan fingerprint density at radius 1 is 1.08 bits per heavy atom. The fourth-order valence-corrected chi connectivity index (χ4v) is 3.36. The Balaban J connectivity index is 1.62. The third kappa shape index (κ3) is 4.55. The molecular formula is C20H21ClN2O3. The van der Waals surface area contributed by atoms with E-state index in [2.05, 4.69) is 10.2 Å². The number of anilines is 1. The minimum atomic E-state index is -0.976. The summed E-state index contributed by atoms with van der Waals surface area (Å²) in [6.45, 7) is 2.47. The molecule has 3 rings (SSSR count). The van der Waals surface area contributed by atoms with Crippen LogP contribution in [0.5, 0.6) is 0 Å². The predicted molar refractivity (Wildman–Crippen MR) is 102 cm³/mol. The van der Waals surface area contributed by atoms with Crippen LogP contribution >= 0.6 is 11.6 Å². The zero-order valence-corrected chi connectivity index (χ0v) is 15.1. The number of hydrogen-bond acceptors (Lipinski definition) is 3. The molecule has 0 spiro atoms. The fourth-order valence-electron chi connectivity index (χ4n) is 3.17. The first kappa shape index (κ1) is 18.3. The van der Waals surface area contributed by atoms with Crippen LogP contribution in [0.25, 0.3) is 0 Å². The molecule has 0 atom stereocenters. The number of aromatic carboxylic acids is 1. The van der Waals surface area contributed by atoms with Gasteiger partial charge in [-0.05, 0) is 54.3 Å². The second kappa shape index (κ2) is 8.23. The van der Waals surface area contributed by atoms with Gasteiger partial charge >= 0.3 is 5.97 Å². The van der Waals surface area contributed by atoms with Gasteiger partial charge in [0.2, 0.25) is 5.91 Å². The van der Waals surface area contributed by atoms with Gasteiger partial charge in [-0.3, -0.25) is 4.79 Å². The number of nitrogens with zero attached hydrogens (tertiary/aromatic N) is 1. The highest BCUT2D eigenvalue weighted by Gasteiger charge is 2.16. The van der Waals surface area contributed by atoms with Crippen molar-refractivity contribution in [3.8, 4) is 0 Å². The van der Waals surface area contributed by atoms with Crippen molar-refractivity contribution in [3.63, 3.8) is 0 Å². The molecule has 1 amide bonds. The lowest BCUT2D eigenvalue weighted by molar-refractivity contribution is -0.120. The Morgan fingerprint density at radius 3 is 2.42 bits per heavy atom. The molecule has 1 saturated heterocycles. The van der Waals surface area contributed by atoms with Gasteiger partial charge in [0.05, 0.1) is 12.0 Å². The summed E-state index contributed by atoms with van der Waals surface area (Å²) < 4.78 is 0. The van der Waals surface area contributed by atoms with Crippen molar-refractivity contribution < 1.29 is 14.7 Å². The van der Waals surface area contributed by atoms with Crippen molar-refractivity contribution in [2.24, 2.45) is 0 Å². The summed E-state index contributed by atoms with van der Waals surface area (Å²) in [5.41, 5.74) is 3.12. The maximum atomic E-state index is 12.2. The molecular weight excluding hydrogens is 352 g/mol. The normalized spacial score (nSPS) is 13.7. The average molecular weight is 373 g/mol. The van der Waals surface area contributed by atoms with Crippen molar-refractivity contribution in [1.29, 1.82) is 0 Å². The van der Waals surface area contributed by atoms with E-state index >= 15 is 0 Å². The number of amides is 1. The highest BCUT2D eigenvalue weighted by Crippen LogP contribution is 2.27. The maximum Gasteiger partial charge on any atom is 0.335 e. The molecule has 0 aliphatic carbocycles. The summed E-state index contributed by atoms with van der Waals surface area (Å²) in [5, 5.41) is 12.5. The van der Waals surface area contributed by atoms with Gasteiger partial charge in [-0.2, -0.15) is 0 Å². The Morgan fingerprint density at radius 2 is 1.77 bits per heavy atom. The van der Waals surface area contributed by atoms with Crippen LogP contribution in [0.4, 0.5) is 5.69 Å². The summed E-state index contributed by atoms with van der Waals surface area (Å²) in [6, 6.07) is 12.1. The number of carbonyl (C=O) groups is 2. The molecule has 2 aromatic rings. The quantitative estimate of drug-likeness (QED) is 0.814. The van der Waals surface area contributed by atoms with Crippen LogP contribution < -0.4 is 10.2 Å². The van der Waals surface area contributed by atoms with E-state index in [0.29, 0.717) is 11.6 Å². The largest absolute Gasteiger partial charge is 0.478 e. The number of rotatable bonds is 6. The lowest BCUT2D eigenvalue weighted by Gasteiger charge is -2.22. The van der Waals surface area contributed by atoms with Crippen molar-refractivity contribution in [3.05, 3.63) is 64.2 Å². The lowest BCUT2D eigenvalue weighted by atomic mass is 10.1. The van der Waals surface area contributed by atoms with E-state index in [-0.39, 0.29) is 17.9 Å². The SMILES string of the molecule is O=C(Cc1ccc(C(=O)O)cc1)NCc1cc(Cl)ccc1N1CCCC1. The van der Waals surface area contributed by atoms with Crippen LogP contribution in [0, 0.1) is 0 Å². The molecule has 136 valence electrons. The molecule has 1 aliphatic heterocycles. The van der Waals surface area contributed by atoms with Crippen LogP contribution in [0.3, 0.4) is 0 Å². The minimum absolute atomic E-state index is 0.111. The lowest BCUT2D eigenvalue weighted by Crippen LogP contribution is -2.26. The van der Waals surface area contributed by atoms with E-state index in [1.54, 1.807) is 12.1 Å². The van der Waals surface area contributed by atoms with E-state index in [0.717, 1.165) is 29.9 Å². The first-order valence-electron chi connectivity index (χ1n) is 8.65. The van der Waals surface area contributed by atoms with Crippen LogP contribution in [0.15, 0.2) is 42.5 Å². The summed E-state index contributed by atoms with van der Waals surface area (Å²) in [5.74, 6) is -1.09. The Bertz CT molecular complexity index is 799. The third-order valence-electron chi connectivity index (χ3n) is 4.53. The zero-order valence-electron chi connectivity index (χ0n) is 14.4. The van der Waals surface area contributed by atoms with Gasteiger partial charge < -0.3 is 15.3 Å². The van der Waals surface area contributed by atoms with E-state index in [9.17, 15) is 9.59 Å². The second-order valence-electron chi connectivity index (χ2n) is 6.42. The number of carboxylic acid groups (broad SMARTS) is 1. The maximum absolute atomic E-state index is 12.2. The van der Waals surface area contributed by atoms with E-state index < -0.39 is 5.97 Å². The number of hydrogen-bond donors (Lipinski definition) is 2. The van der Waals surface area contributed by atoms with Gasteiger partial charge in [0.1, 0.15) is 0 Å². The van der Waals surface area contributed by atoms with Gasteiger partial charge in [0.25, 0.3) is 0 Å². The van der Waals surface area contributed by atoms with Crippen molar-refractivity contribution >= 4 is 29.2 Å². The van der Waals surface area contributed by atoms with Gasteiger partial charge in [-0.1, -0.05) is 23.7 Å². The molecule has 2 aromatic carbocycles. The van der Waals surface area contributed by atoms with E-state index in [1.165, 1.54) is 25.0 Å². The standard InChI is InChI=1S/C20H21ClN2O3/c21-17-7-8-18(23-9-1-2-10-23)16(12-17)13-22-19(24)11-14-3-5-15(6-4-14)20(25)26/h3-8,12H,1-2,9-11,13H2,(H,22,24)(H,25,26). The van der Waals surface area contributed by atoms with Crippen LogP contribution in [-0.4, -0.2) is 30.1 Å². The summed E-state index contributed by atoms with van der Waals surface area (Å²) in [7, 11) is 0. The van der Waals surface area contributed by atoms with E-state index in [1.807, 2.05) is 18.2 Å². The summed E-state index contributed by atoms with van der Waals surface area (Å²) in [6.07, 6.45) is 2.57. The number of benzene rings is 2. The second-order valence-corrected chi connectivity index (χ2v) is 6.86. The topological polar surface area (TPSA) is 69.6 Å². The third-order valence-corrected chi connectivity index (χ3v) is 4.76. The molecule has 2 N–H and O–H groups in total. The fraction of sp³-hybridized carbons (Fsp3) is 0.300. The minimum Gasteiger partial charge on any atom is -0.478 e. The van der Waals surface area contributed by atoms with Gasteiger partial charge in [0, 0.05) is 30.3 Å². The molecule has 1 fully saturated rings. The average Bonchev–Trinajstić information content (AvgIpc) is 3.15. The molecule has 0 saturated carbocycles. The summed E-state index contributed by atoms with van der Waals surface area (Å²) >= 11 is 6.13. The first-order valence-corrected chi connectivity index (χ1v) is 9.03. The number of halogens is 1. The van der Waals surface area contributed by atoms with E-state index in [4.69, 9.17) is 16.7 Å². The van der Waals surface area contributed by atoms with Crippen molar-refractivity contribution in [2.45, 2.75) is 25.8 Å². The number of carbonyl (C=O) groups excluding carboxylic acids is 1. The molecule has 0 unspecified atom stereocenters. The first-order chi connectivity index (χ1) is 12.5. The molecule has 26 heavy (non-hydrogen) atoms. The zero-order chi connectivity index (χ0) is 18.5. The van der Waals surface area contributed by atoms with Crippen molar-refractivity contribution in [1.82, 2.24) is 5.32 Å². The monoisotopic (exact) mass is 372 g/mol. The molecule has 0 aromatic heterocycles. The molecule has 5 nitrogen and oxygen atoms in total. The van der Waals surface area contributed by atoms with Crippen LogP contribution in [-0.2, 0) is 17.8 Å².